The average molecular weight is 98.1 g/mol. The van der Waals surface area contributed by atoms with Crippen LogP contribution in [0.4, 0.5) is 0 Å². The maximum absolute atomic E-state index is 10.1. The molecule has 4 heteroatoms. The van der Waals surface area contributed by atoms with E-state index in [-0.39, 0.29) is 0 Å². The van der Waals surface area contributed by atoms with Crippen LogP contribution in [0.5, 0.6) is 0 Å². The van der Waals surface area contributed by atoms with Crippen molar-refractivity contribution in [2.24, 2.45) is 0 Å². The molecule has 0 spiro atoms. The van der Waals surface area contributed by atoms with Crippen molar-refractivity contribution < 1.29 is 4.54 Å². The zero-order chi connectivity index (χ0) is 5.11. The molecular weight excluding hydrogens is 94.1 g/mol. The number of aromatic amines is 1. The number of rotatable bonds is 0. The predicted molar refractivity (Wildman–Crippen MR) is 22.0 cm³/mol. The summed E-state index contributed by atoms with van der Waals surface area (Å²) in [6.07, 6.45) is 4.08. The first-order valence-corrected chi connectivity index (χ1v) is 1.80. The van der Waals surface area contributed by atoms with E-state index in [1.807, 2.05) is 0 Å². The highest BCUT2D eigenvalue weighted by Gasteiger charge is 1.78. The Morgan fingerprint density at radius 1 is 1.71 bits per heavy atom. The van der Waals surface area contributed by atoms with Crippen LogP contribution >= 0.6 is 0 Å². The molecule has 0 aliphatic heterocycles. The van der Waals surface area contributed by atoms with Crippen LogP contribution in [0.3, 0.4) is 0 Å². The molecule has 0 bridgehead atoms. The second-order valence-electron chi connectivity index (χ2n) is 1.04. The number of nitrogens with zero attached hydrogens (tertiary/aromatic N) is 2. The van der Waals surface area contributed by atoms with E-state index in [1.165, 1.54) is 12.4 Å². The quantitative estimate of drug-likeness (QED) is 0.437. The molecule has 0 aliphatic carbocycles. The number of hydrogen-bond acceptors (Lipinski definition) is 2. The molecule has 1 aromatic heterocycles. The van der Waals surface area contributed by atoms with E-state index in [0.717, 1.165) is 6.33 Å². The van der Waals surface area contributed by atoms with Gasteiger partial charge in [-0.1, -0.05) is 0 Å². The van der Waals surface area contributed by atoms with Crippen LogP contribution in [0.25, 0.3) is 0 Å². The second-order valence-corrected chi connectivity index (χ2v) is 1.04. The highest BCUT2D eigenvalue weighted by molar-refractivity contribution is 4.55. The van der Waals surface area contributed by atoms with Crippen LogP contribution in [0, 0.1) is 4.91 Å². The fourth-order valence-electron chi connectivity index (χ4n) is 0.282. The van der Waals surface area contributed by atoms with Gasteiger partial charge in [0.05, 0.1) is 10.7 Å². The van der Waals surface area contributed by atoms with Gasteiger partial charge >= 0.3 is 6.33 Å². The van der Waals surface area contributed by atoms with Gasteiger partial charge in [-0.15, -0.1) is 0 Å². The third-order valence-electron chi connectivity index (χ3n) is 0.534. The Morgan fingerprint density at radius 3 is 2.86 bits per heavy atom. The lowest BCUT2D eigenvalue weighted by Gasteiger charge is -1.64. The molecule has 4 nitrogen and oxygen atoms in total. The minimum Gasteiger partial charge on any atom is -0.190 e. The fourth-order valence-corrected chi connectivity index (χ4v) is 0.282. The Morgan fingerprint density at radius 2 is 2.57 bits per heavy atom. The van der Waals surface area contributed by atoms with Crippen molar-refractivity contribution in [2.45, 2.75) is 0 Å². The van der Waals surface area contributed by atoms with Gasteiger partial charge in [-0.3, -0.25) is 0 Å². The van der Waals surface area contributed by atoms with Gasteiger partial charge in [-0.05, 0) is 9.89 Å². The van der Waals surface area contributed by atoms with Gasteiger partial charge in [-0.2, -0.15) is 5.10 Å². The monoisotopic (exact) mass is 98.0 g/mol. The Labute approximate surface area is 39.4 Å². The van der Waals surface area contributed by atoms with E-state index >= 15 is 0 Å². The van der Waals surface area contributed by atoms with Crippen molar-refractivity contribution in [1.29, 1.82) is 0 Å². The summed E-state index contributed by atoms with van der Waals surface area (Å²) in [5.74, 6) is 0. The molecule has 0 saturated carbocycles. The molecule has 1 aromatic rings. The molecule has 0 atom stereocenters. The molecule has 0 unspecified atom stereocenters. The fraction of sp³-hybridized carbons (Fsp3) is 0. The van der Waals surface area contributed by atoms with Crippen molar-refractivity contribution in [3.05, 3.63) is 23.6 Å². The third-order valence-corrected chi connectivity index (χ3v) is 0.534. The highest BCUT2D eigenvalue weighted by atomic mass is 16.3. The Balaban J connectivity index is 3.28. The molecule has 1 N–H and O–H groups in total. The van der Waals surface area contributed by atoms with Crippen LogP contribution in [-0.2, 0) is 0 Å². The number of hydrogen-bond donors (Lipinski definition) is 1. The first-order valence-electron chi connectivity index (χ1n) is 1.80. The van der Waals surface area contributed by atoms with Gasteiger partial charge in [0, 0.05) is 0 Å². The third kappa shape index (κ3) is 0.819. The zero-order valence-electron chi connectivity index (χ0n) is 3.53. The van der Waals surface area contributed by atoms with E-state index in [0.29, 0.717) is 4.54 Å². The normalized spacial score (nSPS) is 8.57. The molecule has 1 heterocycles. The molecule has 0 amide bonds. The summed E-state index contributed by atoms with van der Waals surface area (Å²) < 4.78 is 0.514. The molecule has 0 fully saturated rings. The van der Waals surface area contributed by atoms with Gasteiger partial charge < -0.3 is 0 Å². The molecule has 36 valence electrons. The smallest absolute Gasteiger partial charge is 0.190 e. The molecule has 7 heavy (non-hydrogen) atoms. The van der Waals surface area contributed by atoms with Crippen molar-refractivity contribution in [2.75, 3.05) is 0 Å². The Kier molecular flexibility index (Phi) is 0.856. The van der Waals surface area contributed by atoms with Crippen molar-refractivity contribution >= 4 is 0 Å². The van der Waals surface area contributed by atoms with Gasteiger partial charge in [0.15, 0.2) is 6.20 Å². The minimum absolute atomic E-state index is 0.514. The Bertz CT molecular complexity index is 176. The van der Waals surface area contributed by atoms with Gasteiger partial charge in [-0.25, -0.2) is 0 Å². The first-order chi connectivity index (χ1) is 3.39. The van der Waals surface area contributed by atoms with Crippen LogP contribution in [0.2, 0.25) is 0 Å². The number of aromatic nitrogens is 3. The molecule has 1 rings (SSSR count). The summed E-state index contributed by atoms with van der Waals surface area (Å²) in [4.78, 5) is 13.6. The molecule has 0 radical (unpaired) electrons. The lowest BCUT2D eigenvalue weighted by Crippen LogP contribution is -2.17. The zero-order valence-corrected chi connectivity index (χ0v) is 3.53. The van der Waals surface area contributed by atoms with Gasteiger partial charge in [0.1, 0.15) is 0 Å². The summed E-state index contributed by atoms with van der Waals surface area (Å²) >= 11 is 0. The summed E-state index contributed by atoms with van der Waals surface area (Å²) in [6, 6.07) is 0. The van der Waals surface area contributed by atoms with Crippen molar-refractivity contribution in [3.8, 4) is 0 Å². The van der Waals surface area contributed by atoms with E-state index in [4.69, 9.17) is 0 Å². The largest absolute Gasteiger partial charge is 0.352 e. The molecule has 0 saturated heterocycles. The summed E-state index contributed by atoms with van der Waals surface area (Å²) in [7, 11) is 0. The number of H-pyrrole nitrogens is 1. The molecule has 0 aromatic carbocycles. The summed E-state index contributed by atoms with van der Waals surface area (Å²) in [6.45, 7) is 0. The lowest BCUT2D eigenvalue weighted by atomic mass is 10.9. The van der Waals surface area contributed by atoms with E-state index in [1.54, 1.807) is 0 Å². The molecule has 0 aliphatic rings. The minimum atomic E-state index is 0.514. The van der Waals surface area contributed by atoms with Crippen LogP contribution in [0.1, 0.15) is 0 Å². The second kappa shape index (κ2) is 1.51. The van der Waals surface area contributed by atoms with Crippen LogP contribution in [-0.4, -0.2) is 10.1 Å². The van der Waals surface area contributed by atoms with Crippen molar-refractivity contribution in [3.63, 3.8) is 0 Å². The SMILES string of the molecule is O=[n+]1cncc[nH]1. The summed E-state index contributed by atoms with van der Waals surface area (Å²) in [5, 5.41) is 2.33. The average Bonchev–Trinajstić information content (AvgIpc) is 1.69. The predicted octanol–water partition coefficient (Wildman–Crippen LogP) is -0.676. The molecular formula is C3H4N3O+. The van der Waals surface area contributed by atoms with E-state index in [9.17, 15) is 4.91 Å². The summed E-state index contributed by atoms with van der Waals surface area (Å²) in [5.41, 5.74) is 0. The highest BCUT2D eigenvalue weighted by Crippen LogP contribution is 1.55. The maximum Gasteiger partial charge on any atom is 0.352 e. The van der Waals surface area contributed by atoms with Gasteiger partial charge in [0.2, 0.25) is 0 Å². The van der Waals surface area contributed by atoms with Crippen LogP contribution in [0.15, 0.2) is 18.7 Å². The van der Waals surface area contributed by atoms with E-state index < -0.39 is 0 Å². The lowest BCUT2D eigenvalue weighted by molar-refractivity contribution is -0.568. The van der Waals surface area contributed by atoms with E-state index in [2.05, 4.69) is 10.1 Å². The van der Waals surface area contributed by atoms with Crippen LogP contribution < -0.4 is 4.54 Å². The Hall–Kier alpha value is -1.19. The van der Waals surface area contributed by atoms with Gasteiger partial charge in [0.25, 0.3) is 0 Å². The topological polar surface area (TPSA) is 51.6 Å². The standard InChI is InChI=1S/C3H4N3O/c7-6-3-4-1-2-5-6/h1-3H,(H,5,7)/q+1. The van der Waals surface area contributed by atoms with Crippen molar-refractivity contribution in [1.82, 2.24) is 10.1 Å². The maximum atomic E-state index is 10.1. The number of nitrogens with one attached hydrogen (secondary N) is 1. The first kappa shape index (κ1) is 3.98.